The lowest BCUT2D eigenvalue weighted by molar-refractivity contribution is -0.242. The van der Waals surface area contributed by atoms with Crippen LogP contribution in [0.5, 0.6) is 5.75 Å². The van der Waals surface area contributed by atoms with Gasteiger partial charge in [0, 0.05) is 36.5 Å². The van der Waals surface area contributed by atoms with E-state index in [1.807, 2.05) is 38.1 Å². The summed E-state index contributed by atoms with van der Waals surface area (Å²) in [6, 6.07) is 7.83. The van der Waals surface area contributed by atoms with Gasteiger partial charge in [0.15, 0.2) is 14.6 Å². The second kappa shape index (κ2) is 16.4. The number of rotatable bonds is 13. The first-order valence-corrected chi connectivity index (χ1v) is 23.1. The van der Waals surface area contributed by atoms with Gasteiger partial charge >= 0.3 is 0 Å². The molecule has 1 aliphatic rings. The molecule has 0 bridgehead atoms. The molecule has 0 radical (unpaired) electrons. The molecule has 1 fully saturated rings. The highest BCUT2D eigenvalue weighted by Gasteiger charge is 2.41. The molecule has 1 aromatic carbocycles. The second-order valence-corrected chi connectivity index (χ2v) is 25.8. The number of aliphatic hydroxyl groups is 1. The zero-order chi connectivity index (χ0) is 34.3. The maximum Gasteiger partial charge on any atom is 0.192 e. The summed E-state index contributed by atoms with van der Waals surface area (Å²) >= 11 is 0. The molecule has 8 atom stereocenters. The number of hydrogen-bond acceptors (Lipinski definition) is 6. The maximum atomic E-state index is 13.3. The van der Waals surface area contributed by atoms with Gasteiger partial charge in [-0.15, -0.1) is 0 Å². The van der Waals surface area contributed by atoms with Crippen LogP contribution in [-0.4, -0.2) is 65.6 Å². The Hall–Kier alpha value is -1.74. The fraction of sp³-hybridized carbons (Fsp3) is 0.703. The smallest absolute Gasteiger partial charge is 0.192 e. The Balaban J connectivity index is 2.12. The molecule has 6 nitrogen and oxygen atoms in total. The SMILES string of the molecule is COc1ccc(C[C@H]2OC[C@H](C)[C@H]([C@@H](C)C(=O)C[C@H](O)C#C[C@H](C)[C@H](O[Si](C)(C)C(C)(C)C)[C@@H](C)/C=C(/C)[Si](C)(C)C)O2)cc1. The minimum absolute atomic E-state index is 0.0323. The first-order valence-electron chi connectivity index (χ1n) is 16.6. The van der Waals surface area contributed by atoms with E-state index >= 15 is 0 Å². The molecule has 254 valence electrons. The van der Waals surface area contributed by atoms with Crippen LogP contribution in [0.3, 0.4) is 0 Å². The van der Waals surface area contributed by atoms with Gasteiger partial charge in [-0.25, -0.2) is 0 Å². The molecule has 0 aliphatic carbocycles. The average Bonchev–Trinajstić information content (AvgIpc) is 2.94. The summed E-state index contributed by atoms with van der Waals surface area (Å²) in [6.45, 7) is 29.4. The zero-order valence-corrected chi connectivity index (χ0v) is 32.6. The van der Waals surface area contributed by atoms with E-state index in [0.29, 0.717) is 13.0 Å². The van der Waals surface area contributed by atoms with Gasteiger partial charge in [0.05, 0.1) is 34.0 Å². The number of ether oxygens (including phenoxy) is 3. The predicted octanol–water partition coefficient (Wildman–Crippen LogP) is 8.06. The minimum Gasteiger partial charge on any atom is -0.497 e. The van der Waals surface area contributed by atoms with Crippen molar-refractivity contribution in [1.82, 2.24) is 0 Å². The summed E-state index contributed by atoms with van der Waals surface area (Å²) in [7, 11) is -1.87. The van der Waals surface area contributed by atoms with Crippen LogP contribution in [0.2, 0.25) is 37.8 Å². The summed E-state index contributed by atoms with van der Waals surface area (Å²) in [5.74, 6) is 6.78. The van der Waals surface area contributed by atoms with Crippen molar-refractivity contribution in [3.63, 3.8) is 0 Å². The third-order valence-corrected chi connectivity index (χ3v) is 16.8. The molecule has 0 unspecified atom stereocenters. The Morgan fingerprint density at radius 2 is 1.69 bits per heavy atom. The van der Waals surface area contributed by atoms with E-state index in [4.69, 9.17) is 18.6 Å². The molecule has 0 saturated carbocycles. The average molecular weight is 659 g/mol. The Kier molecular flexibility index (Phi) is 14.4. The van der Waals surface area contributed by atoms with Gasteiger partial charge in [0.2, 0.25) is 0 Å². The molecular formula is C37H62O6Si2. The number of ketones is 1. The Morgan fingerprint density at radius 3 is 2.22 bits per heavy atom. The lowest BCUT2D eigenvalue weighted by Gasteiger charge is -2.42. The molecule has 1 aliphatic heterocycles. The summed E-state index contributed by atoms with van der Waals surface area (Å²) < 4.78 is 24.5. The normalized spacial score (nSPS) is 23.3. The van der Waals surface area contributed by atoms with Crippen molar-refractivity contribution < 1.29 is 28.5 Å². The van der Waals surface area contributed by atoms with Gasteiger partial charge in [-0.1, -0.05) is 96.4 Å². The fourth-order valence-corrected chi connectivity index (χ4v) is 7.43. The molecule has 0 amide bonds. The van der Waals surface area contributed by atoms with Crippen LogP contribution >= 0.6 is 0 Å². The fourth-order valence-electron chi connectivity index (χ4n) is 5.22. The lowest BCUT2D eigenvalue weighted by atomic mass is 9.87. The number of allylic oxidation sites excluding steroid dienone is 1. The molecule has 45 heavy (non-hydrogen) atoms. The van der Waals surface area contributed by atoms with E-state index < -0.39 is 28.8 Å². The van der Waals surface area contributed by atoms with Gasteiger partial charge in [-0.3, -0.25) is 4.79 Å². The predicted molar refractivity (Wildman–Crippen MR) is 191 cm³/mol. The summed E-state index contributed by atoms with van der Waals surface area (Å²) in [6.07, 6.45) is 1.05. The van der Waals surface area contributed by atoms with E-state index in [9.17, 15) is 9.90 Å². The van der Waals surface area contributed by atoms with Crippen molar-refractivity contribution in [3.8, 4) is 17.6 Å². The number of carbonyl (C=O) groups is 1. The second-order valence-electron chi connectivity index (χ2n) is 15.7. The maximum absolute atomic E-state index is 13.3. The summed E-state index contributed by atoms with van der Waals surface area (Å²) in [5.41, 5.74) is 1.07. The van der Waals surface area contributed by atoms with Crippen LogP contribution in [0.15, 0.2) is 35.5 Å². The monoisotopic (exact) mass is 658 g/mol. The van der Waals surface area contributed by atoms with Crippen molar-refractivity contribution in [2.24, 2.45) is 23.7 Å². The topological polar surface area (TPSA) is 74.2 Å². The summed E-state index contributed by atoms with van der Waals surface area (Å²) in [4.78, 5) is 13.3. The molecule has 1 heterocycles. The van der Waals surface area contributed by atoms with E-state index in [1.54, 1.807) is 7.11 Å². The molecular weight excluding hydrogens is 597 g/mol. The van der Waals surface area contributed by atoms with Crippen molar-refractivity contribution in [2.75, 3.05) is 13.7 Å². The largest absolute Gasteiger partial charge is 0.497 e. The van der Waals surface area contributed by atoms with Crippen LogP contribution in [-0.2, 0) is 25.1 Å². The molecule has 0 aromatic heterocycles. The highest BCUT2D eigenvalue weighted by molar-refractivity contribution is 6.82. The molecule has 1 aromatic rings. The quantitative estimate of drug-likeness (QED) is 0.171. The third-order valence-electron chi connectivity index (χ3n) is 9.79. The van der Waals surface area contributed by atoms with Gasteiger partial charge < -0.3 is 23.7 Å². The number of methoxy groups -OCH3 is 1. The highest BCUT2D eigenvalue weighted by atomic mass is 28.4. The van der Waals surface area contributed by atoms with E-state index in [1.165, 1.54) is 5.20 Å². The first-order chi connectivity index (χ1) is 20.7. The first kappa shape index (κ1) is 39.4. The third kappa shape index (κ3) is 11.8. The number of hydrogen-bond donors (Lipinski definition) is 1. The van der Waals surface area contributed by atoms with E-state index in [0.717, 1.165) is 11.3 Å². The van der Waals surface area contributed by atoms with Crippen molar-refractivity contribution in [3.05, 3.63) is 41.1 Å². The van der Waals surface area contributed by atoms with Crippen LogP contribution in [0.1, 0.15) is 67.4 Å². The minimum atomic E-state index is -2.08. The number of benzene rings is 1. The number of Topliss-reactive ketones (excluding diaryl/α,β-unsaturated/α-hetero) is 1. The van der Waals surface area contributed by atoms with Crippen molar-refractivity contribution >= 4 is 22.2 Å². The Morgan fingerprint density at radius 1 is 1.09 bits per heavy atom. The molecule has 1 N–H and O–H groups in total. The summed E-state index contributed by atoms with van der Waals surface area (Å²) in [5, 5.41) is 12.4. The van der Waals surface area contributed by atoms with Crippen molar-refractivity contribution in [1.29, 1.82) is 0 Å². The van der Waals surface area contributed by atoms with Gasteiger partial charge in [0.1, 0.15) is 17.6 Å². The lowest BCUT2D eigenvalue weighted by Crippen LogP contribution is -2.47. The zero-order valence-electron chi connectivity index (χ0n) is 30.6. The molecule has 8 heteroatoms. The van der Waals surface area contributed by atoms with Crippen LogP contribution < -0.4 is 4.74 Å². The van der Waals surface area contributed by atoms with E-state index in [2.05, 4.69) is 92.2 Å². The molecule has 0 spiro atoms. The molecule has 2 rings (SSSR count). The van der Waals surface area contributed by atoms with Gasteiger partial charge in [-0.05, 0) is 49.7 Å². The standard InChI is InChI=1S/C37H62O6Si2/c1-25(35(43-45(13,14)37(6,7)8)26(2)21-28(4)44(10,11)12)15-18-31(38)23-33(39)29(5)36-27(3)24-41-34(42-36)22-30-16-19-32(40-9)20-17-30/h16-17,19-21,25-27,29,31,34-36,38H,22-24H2,1-14H3/b28-21-/t25-,26-,27-,29-,31+,34-,35-,36+/m0/s1. The van der Waals surface area contributed by atoms with Crippen molar-refractivity contribution in [2.45, 2.75) is 131 Å². The number of carbonyl (C=O) groups excluding carboxylic acids is 1. The van der Waals surface area contributed by atoms with Crippen LogP contribution in [0.4, 0.5) is 0 Å². The number of aliphatic hydroxyl groups excluding tert-OH is 1. The van der Waals surface area contributed by atoms with E-state index in [-0.39, 0.29) is 53.1 Å². The van der Waals surface area contributed by atoms with Gasteiger partial charge in [-0.2, -0.15) is 0 Å². The Bertz CT molecular complexity index is 1180. The molecule has 1 saturated heterocycles. The highest BCUT2D eigenvalue weighted by Crippen LogP contribution is 2.39. The van der Waals surface area contributed by atoms with Crippen LogP contribution in [0.25, 0.3) is 0 Å². The Labute approximate surface area is 276 Å². The van der Waals surface area contributed by atoms with Crippen LogP contribution in [0, 0.1) is 35.5 Å². The van der Waals surface area contributed by atoms with Gasteiger partial charge in [0.25, 0.3) is 0 Å².